The molecule has 0 bridgehead atoms. The van der Waals surface area contributed by atoms with Crippen LogP contribution in [-0.4, -0.2) is 37.2 Å². The number of amides is 1. The van der Waals surface area contributed by atoms with E-state index in [2.05, 4.69) is 0 Å². The summed E-state index contributed by atoms with van der Waals surface area (Å²) in [4.78, 5) is 21.5. The maximum atomic E-state index is 12.7. The molecule has 19 heavy (non-hydrogen) atoms. The van der Waals surface area contributed by atoms with Gasteiger partial charge in [0.15, 0.2) is 9.84 Å². The van der Waals surface area contributed by atoms with E-state index in [9.17, 15) is 22.4 Å². The number of sulfone groups is 1. The van der Waals surface area contributed by atoms with Crippen LogP contribution in [0.25, 0.3) is 0 Å². The topological polar surface area (TPSA) is 101 Å². The van der Waals surface area contributed by atoms with Crippen molar-refractivity contribution in [3.05, 3.63) is 30.1 Å². The van der Waals surface area contributed by atoms with Crippen molar-refractivity contribution in [3.63, 3.8) is 0 Å². The maximum absolute atomic E-state index is 12.7. The maximum Gasteiger partial charge on any atom is 0.327 e. The van der Waals surface area contributed by atoms with E-state index in [-0.39, 0.29) is 4.90 Å². The summed E-state index contributed by atoms with van der Waals surface area (Å²) < 4.78 is 36.5. The number of carbonyl (C=O) groups excluding carboxylic acids is 1. The summed E-state index contributed by atoms with van der Waals surface area (Å²) in [6.45, 7) is 1.08. The van der Waals surface area contributed by atoms with Gasteiger partial charge in [0.2, 0.25) is 5.91 Å². The highest BCUT2D eigenvalue weighted by molar-refractivity contribution is 7.91. The normalized spacial score (nSPS) is 12.7. The van der Waals surface area contributed by atoms with Crippen molar-refractivity contribution >= 4 is 21.7 Å². The first-order valence-corrected chi connectivity index (χ1v) is 6.86. The van der Waals surface area contributed by atoms with Crippen LogP contribution >= 0.6 is 0 Å². The standard InChI is InChI=1S/C11H12FNO5S/c1-7(14)13-10(11(15)16)6-19(17,18)9-4-2-8(12)3-5-9/h2-5,10H,6H2,1H3,(H,13,14)(H,15,16)/t10-/m0/s1. The molecular formula is C11H12FNO5S. The van der Waals surface area contributed by atoms with Crippen LogP contribution in [0.4, 0.5) is 4.39 Å². The highest BCUT2D eigenvalue weighted by Gasteiger charge is 2.27. The molecule has 8 heteroatoms. The Kier molecular flexibility index (Phi) is 4.60. The zero-order chi connectivity index (χ0) is 14.6. The fourth-order valence-corrected chi connectivity index (χ4v) is 2.79. The lowest BCUT2D eigenvalue weighted by atomic mass is 10.3. The molecule has 0 aliphatic rings. The van der Waals surface area contributed by atoms with Crippen LogP contribution in [0.1, 0.15) is 6.92 Å². The number of hydrogen-bond acceptors (Lipinski definition) is 4. The molecule has 0 aliphatic carbocycles. The molecule has 1 aromatic rings. The Morgan fingerprint density at radius 1 is 1.32 bits per heavy atom. The second-order valence-electron chi connectivity index (χ2n) is 3.83. The Bertz CT molecular complexity index is 582. The van der Waals surface area contributed by atoms with Gasteiger partial charge in [0.25, 0.3) is 0 Å². The summed E-state index contributed by atoms with van der Waals surface area (Å²) in [5.41, 5.74) is 0. The van der Waals surface area contributed by atoms with Gasteiger partial charge in [-0.05, 0) is 24.3 Å². The van der Waals surface area contributed by atoms with E-state index in [0.29, 0.717) is 0 Å². The molecule has 0 saturated heterocycles. The van der Waals surface area contributed by atoms with E-state index in [1.165, 1.54) is 0 Å². The van der Waals surface area contributed by atoms with Gasteiger partial charge in [0.05, 0.1) is 10.6 Å². The van der Waals surface area contributed by atoms with Crippen LogP contribution in [0.3, 0.4) is 0 Å². The SMILES string of the molecule is CC(=O)N[C@@H](CS(=O)(=O)c1ccc(F)cc1)C(=O)O. The molecule has 6 nitrogen and oxygen atoms in total. The second-order valence-corrected chi connectivity index (χ2v) is 5.86. The van der Waals surface area contributed by atoms with Crippen molar-refractivity contribution in [1.82, 2.24) is 5.32 Å². The Labute approximate surface area is 109 Å². The Hall–Kier alpha value is -1.96. The van der Waals surface area contributed by atoms with Gasteiger partial charge in [0, 0.05) is 6.92 Å². The lowest BCUT2D eigenvalue weighted by Gasteiger charge is -2.13. The molecule has 0 heterocycles. The Morgan fingerprint density at radius 3 is 2.26 bits per heavy atom. The van der Waals surface area contributed by atoms with Crippen molar-refractivity contribution in [1.29, 1.82) is 0 Å². The number of halogens is 1. The third-order valence-corrected chi connectivity index (χ3v) is 4.00. The van der Waals surface area contributed by atoms with E-state index in [1.54, 1.807) is 0 Å². The molecule has 2 N–H and O–H groups in total. The lowest BCUT2D eigenvalue weighted by Crippen LogP contribution is -2.44. The third kappa shape index (κ3) is 4.32. The van der Waals surface area contributed by atoms with Crippen LogP contribution in [0.5, 0.6) is 0 Å². The molecule has 1 rings (SSSR count). The van der Waals surface area contributed by atoms with Crippen LogP contribution in [-0.2, 0) is 19.4 Å². The number of carboxylic acid groups (broad SMARTS) is 1. The van der Waals surface area contributed by atoms with Crippen molar-refractivity contribution in [3.8, 4) is 0 Å². The minimum atomic E-state index is -3.93. The van der Waals surface area contributed by atoms with Crippen molar-refractivity contribution in [2.24, 2.45) is 0 Å². The summed E-state index contributed by atoms with van der Waals surface area (Å²) in [6.07, 6.45) is 0. The number of nitrogens with one attached hydrogen (secondary N) is 1. The van der Waals surface area contributed by atoms with Gasteiger partial charge in [-0.25, -0.2) is 17.6 Å². The molecule has 0 fully saturated rings. The fourth-order valence-electron chi connectivity index (χ4n) is 1.38. The molecule has 0 unspecified atom stereocenters. The zero-order valence-electron chi connectivity index (χ0n) is 9.96. The lowest BCUT2D eigenvalue weighted by molar-refractivity contribution is -0.140. The molecule has 1 aromatic carbocycles. The molecule has 1 amide bonds. The first-order chi connectivity index (χ1) is 8.72. The van der Waals surface area contributed by atoms with Crippen molar-refractivity contribution < 1.29 is 27.5 Å². The number of carbonyl (C=O) groups is 2. The molecule has 1 atom stereocenters. The second kappa shape index (κ2) is 5.79. The molecule has 0 aromatic heterocycles. The number of carboxylic acids is 1. The summed E-state index contributed by atoms with van der Waals surface area (Å²) >= 11 is 0. The minimum Gasteiger partial charge on any atom is -0.480 e. The van der Waals surface area contributed by atoms with Gasteiger partial charge >= 0.3 is 5.97 Å². The third-order valence-electron chi connectivity index (χ3n) is 2.23. The first-order valence-electron chi connectivity index (χ1n) is 5.20. The van der Waals surface area contributed by atoms with Gasteiger partial charge in [-0.2, -0.15) is 0 Å². The van der Waals surface area contributed by atoms with Gasteiger partial charge in [-0.3, -0.25) is 4.79 Å². The quantitative estimate of drug-likeness (QED) is 0.754. The molecule has 0 spiro atoms. The zero-order valence-corrected chi connectivity index (χ0v) is 10.8. The smallest absolute Gasteiger partial charge is 0.327 e. The van der Waals surface area contributed by atoms with E-state index in [0.717, 1.165) is 31.2 Å². The predicted molar refractivity (Wildman–Crippen MR) is 63.7 cm³/mol. The van der Waals surface area contributed by atoms with Gasteiger partial charge in [-0.15, -0.1) is 0 Å². The summed E-state index contributed by atoms with van der Waals surface area (Å²) in [6, 6.07) is 2.45. The Balaban J connectivity index is 2.97. The Morgan fingerprint density at radius 2 is 1.84 bits per heavy atom. The van der Waals surface area contributed by atoms with Crippen molar-refractivity contribution in [2.45, 2.75) is 17.9 Å². The summed E-state index contributed by atoms with van der Waals surface area (Å²) in [7, 11) is -3.93. The summed E-state index contributed by atoms with van der Waals surface area (Å²) in [5, 5.41) is 10.9. The molecule has 104 valence electrons. The van der Waals surface area contributed by atoms with Gasteiger partial charge in [-0.1, -0.05) is 0 Å². The van der Waals surface area contributed by atoms with E-state index in [1.807, 2.05) is 5.32 Å². The monoisotopic (exact) mass is 289 g/mol. The number of aliphatic carboxylic acids is 1. The van der Waals surface area contributed by atoms with Gasteiger partial charge in [0.1, 0.15) is 11.9 Å². The number of benzene rings is 1. The number of hydrogen-bond donors (Lipinski definition) is 2. The van der Waals surface area contributed by atoms with Gasteiger partial charge < -0.3 is 10.4 Å². The highest BCUT2D eigenvalue weighted by atomic mass is 32.2. The number of rotatable bonds is 5. The average molecular weight is 289 g/mol. The molecule has 0 saturated carbocycles. The van der Waals surface area contributed by atoms with E-state index >= 15 is 0 Å². The van der Waals surface area contributed by atoms with Crippen LogP contribution in [0, 0.1) is 5.82 Å². The molecule has 0 aliphatic heterocycles. The van der Waals surface area contributed by atoms with Crippen LogP contribution in [0.15, 0.2) is 29.2 Å². The highest BCUT2D eigenvalue weighted by Crippen LogP contribution is 2.13. The largest absolute Gasteiger partial charge is 0.480 e. The molecule has 0 radical (unpaired) electrons. The first kappa shape index (κ1) is 15.1. The minimum absolute atomic E-state index is 0.203. The fraction of sp³-hybridized carbons (Fsp3) is 0.273. The van der Waals surface area contributed by atoms with E-state index in [4.69, 9.17) is 5.11 Å². The average Bonchev–Trinajstić information content (AvgIpc) is 2.27. The summed E-state index contributed by atoms with van der Waals surface area (Å²) in [5.74, 6) is -3.51. The van der Waals surface area contributed by atoms with Crippen LogP contribution < -0.4 is 5.32 Å². The van der Waals surface area contributed by atoms with Crippen molar-refractivity contribution in [2.75, 3.05) is 5.75 Å². The molecular weight excluding hydrogens is 277 g/mol. The van der Waals surface area contributed by atoms with E-state index < -0.39 is 39.3 Å². The van der Waals surface area contributed by atoms with Crippen LogP contribution in [0.2, 0.25) is 0 Å². The predicted octanol–water partition coefficient (Wildman–Crippen LogP) is 0.189.